The zero-order chi connectivity index (χ0) is 35.6. The van der Waals surface area contributed by atoms with Gasteiger partial charge in [0.2, 0.25) is 0 Å². The Morgan fingerprint density at radius 2 is 1.21 bits per heavy atom. The average molecular weight is 699 g/mol. The third-order valence-corrected chi connectivity index (χ3v) is 8.64. The number of carbonyl (C=O) groups is 1. The van der Waals surface area contributed by atoms with Gasteiger partial charge in [0.1, 0.15) is 19.3 Å². The van der Waals surface area contributed by atoms with Gasteiger partial charge in [-0.15, -0.1) is 0 Å². The van der Waals surface area contributed by atoms with Crippen LogP contribution in [0.3, 0.4) is 0 Å². The van der Waals surface area contributed by atoms with Crippen LogP contribution in [0.1, 0.15) is 136 Å². The largest absolute Gasteiger partial charge is 0.472 e. The van der Waals surface area contributed by atoms with E-state index in [0.29, 0.717) is 24.1 Å². The van der Waals surface area contributed by atoms with Gasteiger partial charge in [0.15, 0.2) is 0 Å². The summed E-state index contributed by atoms with van der Waals surface area (Å²) in [5.74, 6) is -0.356. The monoisotopic (exact) mass is 699 g/mol. The van der Waals surface area contributed by atoms with Gasteiger partial charge in [-0.25, -0.2) is 4.57 Å². The van der Waals surface area contributed by atoms with Crippen LogP contribution in [0.4, 0.5) is 0 Å². The highest BCUT2D eigenvalue weighted by molar-refractivity contribution is 7.47. The molecular weight excluding hydrogens is 625 g/mol. The Kier molecular flexibility index (Phi) is 31.6. The molecule has 0 saturated heterocycles. The van der Waals surface area contributed by atoms with Gasteiger partial charge in [0, 0.05) is 13.0 Å². The number of likely N-dealkylation sites (N-methyl/N-ethyl adjacent to an activating group) is 1. The highest BCUT2D eigenvalue weighted by Crippen LogP contribution is 2.43. The van der Waals surface area contributed by atoms with Crippen molar-refractivity contribution >= 4 is 13.8 Å². The number of unbranched alkanes of at least 4 members (excludes halogenated alkanes) is 12. The summed E-state index contributed by atoms with van der Waals surface area (Å²) < 4.78 is 34.8. The lowest BCUT2D eigenvalue weighted by molar-refractivity contribution is -0.870. The molecule has 0 aromatic rings. The van der Waals surface area contributed by atoms with Gasteiger partial charge < -0.3 is 18.9 Å². The summed E-state index contributed by atoms with van der Waals surface area (Å²) in [6.07, 6.45) is 37.1. The second kappa shape index (κ2) is 32.7. The number of nitrogens with zero attached hydrogens (tertiary/aromatic N) is 1. The molecule has 0 aromatic carbocycles. The van der Waals surface area contributed by atoms with Crippen molar-refractivity contribution in [3.63, 3.8) is 0 Å². The van der Waals surface area contributed by atoms with Crippen LogP contribution >= 0.6 is 7.82 Å². The number of ether oxygens (including phenoxy) is 2. The second-order valence-corrected chi connectivity index (χ2v) is 15.0. The lowest BCUT2D eigenvalue weighted by Crippen LogP contribution is -2.37. The fourth-order valence-corrected chi connectivity index (χ4v) is 5.46. The van der Waals surface area contributed by atoms with Gasteiger partial charge in [-0.05, 0) is 51.4 Å². The number of rotatable bonds is 34. The summed E-state index contributed by atoms with van der Waals surface area (Å²) in [5, 5.41) is 0. The molecule has 0 heterocycles. The molecule has 2 atom stereocenters. The number of quaternary nitrogens is 1. The van der Waals surface area contributed by atoms with Crippen LogP contribution in [0.15, 0.2) is 48.6 Å². The predicted octanol–water partition coefficient (Wildman–Crippen LogP) is 10.4. The van der Waals surface area contributed by atoms with E-state index in [1.165, 1.54) is 57.8 Å². The van der Waals surface area contributed by atoms with Crippen molar-refractivity contribution in [1.82, 2.24) is 0 Å². The van der Waals surface area contributed by atoms with Crippen LogP contribution in [-0.4, -0.2) is 75.6 Å². The van der Waals surface area contributed by atoms with Crippen LogP contribution in [0, 0.1) is 0 Å². The fraction of sp³-hybridized carbons (Fsp3) is 0.769. The number of phosphoric acid groups is 1. The van der Waals surface area contributed by atoms with Crippen molar-refractivity contribution in [3.8, 4) is 0 Å². The first-order valence-corrected chi connectivity index (χ1v) is 20.4. The van der Waals surface area contributed by atoms with E-state index in [4.69, 9.17) is 18.5 Å². The highest BCUT2D eigenvalue weighted by atomic mass is 31.2. The second-order valence-electron chi connectivity index (χ2n) is 13.6. The Balaban J connectivity index is 4.40. The lowest BCUT2D eigenvalue weighted by atomic mass is 10.1. The molecule has 0 fully saturated rings. The SMILES string of the molecule is CC/C=C\C/C=C\C/C=C\C/C=C\CCCCC(=O)OC(COCCCCCCCCCCCCC)COP(=O)(O)OCC[N+](C)(C)C. The Morgan fingerprint density at radius 3 is 1.77 bits per heavy atom. The molecule has 1 N–H and O–H groups in total. The molecular formula is C39H73NO7P+. The molecule has 0 aliphatic carbocycles. The third-order valence-electron chi connectivity index (χ3n) is 7.65. The molecule has 280 valence electrons. The van der Waals surface area contributed by atoms with E-state index in [-0.39, 0.29) is 32.2 Å². The molecule has 0 saturated carbocycles. The summed E-state index contributed by atoms with van der Waals surface area (Å²) in [6.45, 7) is 5.43. The summed E-state index contributed by atoms with van der Waals surface area (Å²) in [5.41, 5.74) is 0. The van der Waals surface area contributed by atoms with Crippen molar-refractivity contribution in [1.29, 1.82) is 0 Å². The third kappa shape index (κ3) is 35.8. The maximum absolute atomic E-state index is 12.6. The minimum atomic E-state index is -4.28. The normalized spacial score (nSPS) is 14.5. The molecule has 0 rings (SSSR count). The van der Waals surface area contributed by atoms with Crippen LogP contribution in [0.2, 0.25) is 0 Å². The number of esters is 1. The van der Waals surface area contributed by atoms with Crippen molar-refractivity contribution in [2.75, 3.05) is 54.1 Å². The van der Waals surface area contributed by atoms with Gasteiger partial charge in [-0.3, -0.25) is 13.8 Å². The highest BCUT2D eigenvalue weighted by Gasteiger charge is 2.26. The summed E-state index contributed by atoms with van der Waals surface area (Å²) >= 11 is 0. The fourth-order valence-electron chi connectivity index (χ4n) is 4.72. The lowest BCUT2D eigenvalue weighted by Gasteiger charge is -2.24. The Morgan fingerprint density at radius 1 is 0.667 bits per heavy atom. The van der Waals surface area contributed by atoms with E-state index in [9.17, 15) is 14.3 Å². The molecule has 0 spiro atoms. The molecule has 0 aromatic heterocycles. The minimum Gasteiger partial charge on any atom is -0.457 e. The number of hydrogen-bond donors (Lipinski definition) is 1. The van der Waals surface area contributed by atoms with Crippen molar-refractivity contribution in [2.24, 2.45) is 0 Å². The first-order chi connectivity index (χ1) is 23.1. The Labute approximate surface area is 295 Å². The van der Waals surface area contributed by atoms with Crippen LogP contribution in [0.5, 0.6) is 0 Å². The first kappa shape index (κ1) is 46.5. The maximum Gasteiger partial charge on any atom is 0.472 e. The minimum absolute atomic E-state index is 0.0797. The molecule has 0 amide bonds. The topological polar surface area (TPSA) is 91.3 Å². The van der Waals surface area contributed by atoms with Gasteiger partial charge >= 0.3 is 13.8 Å². The van der Waals surface area contributed by atoms with Crippen LogP contribution in [-0.2, 0) is 27.9 Å². The quantitative estimate of drug-likeness (QED) is 0.0235. The van der Waals surface area contributed by atoms with Gasteiger partial charge in [-0.2, -0.15) is 0 Å². The number of phosphoric ester groups is 1. The smallest absolute Gasteiger partial charge is 0.457 e. The molecule has 0 bridgehead atoms. The molecule has 2 unspecified atom stereocenters. The van der Waals surface area contributed by atoms with Crippen molar-refractivity contribution in [3.05, 3.63) is 48.6 Å². The zero-order valence-corrected chi connectivity index (χ0v) is 32.4. The van der Waals surface area contributed by atoms with Gasteiger partial charge in [0.05, 0.1) is 34.4 Å². The Hall–Kier alpha value is -1.54. The van der Waals surface area contributed by atoms with Gasteiger partial charge in [0.25, 0.3) is 0 Å². The predicted molar refractivity (Wildman–Crippen MR) is 201 cm³/mol. The molecule has 0 aliphatic heterocycles. The zero-order valence-electron chi connectivity index (χ0n) is 31.5. The van der Waals surface area contributed by atoms with E-state index < -0.39 is 13.9 Å². The van der Waals surface area contributed by atoms with Crippen LogP contribution in [0.25, 0.3) is 0 Å². The van der Waals surface area contributed by atoms with E-state index >= 15 is 0 Å². The Bertz CT molecular complexity index is 911. The van der Waals surface area contributed by atoms with E-state index in [0.717, 1.165) is 51.4 Å². The number of hydrogen-bond acceptors (Lipinski definition) is 6. The summed E-state index contributed by atoms with van der Waals surface area (Å²) in [4.78, 5) is 22.7. The van der Waals surface area contributed by atoms with Gasteiger partial charge in [-0.1, -0.05) is 127 Å². The molecule has 0 radical (unpaired) electrons. The number of allylic oxidation sites excluding steroid dienone is 8. The summed E-state index contributed by atoms with van der Waals surface area (Å²) in [7, 11) is 1.63. The molecule has 9 heteroatoms. The standard InChI is InChI=1S/C39H72NO7P/c1-6-8-10-12-14-16-18-19-20-21-22-24-26-28-30-32-39(41)47-38(37-46-48(42,43)45-35-33-40(3,4)5)36-44-34-31-29-27-25-23-17-15-13-11-9-7-2/h8,10,14,16,19-20,22,24,38H,6-7,9,11-13,15,17-18,21,23,25-37H2,1-5H3/p+1/b10-8-,16-14-,20-19-,24-22-. The van der Waals surface area contributed by atoms with E-state index in [1.54, 1.807) is 0 Å². The molecule has 48 heavy (non-hydrogen) atoms. The first-order valence-electron chi connectivity index (χ1n) is 18.9. The molecule has 8 nitrogen and oxygen atoms in total. The van der Waals surface area contributed by atoms with Crippen molar-refractivity contribution in [2.45, 2.75) is 142 Å². The van der Waals surface area contributed by atoms with E-state index in [1.807, 2.05) is 21.1 Å². The van der Waals surface area contributed by atoms with Crippen molar-refractivity contribution < 1.29 is 37.3 Å². The summed E-state index contributed by atoms with van der Waals surface area (Å²) in [6, 6.07) is 0. The number of carbonyl (C=O) groups excluding carboxylic acids is 1. The average Bonchev–Trinajstić information content (AvgIpc) is 3.03. The molecule has 0 aliphatic rings. The maximum atomic E-state index is 12.6. The van der Waals surface area contributed by atoms with Crippen LogP contribution < -0.4 is 0 Å². The van der Waals surface area contributed by atoms with E-state index in [2.05, 4.69) is 62.5 Å².